The van der Waals surface area contributed by atoms with E-state index in [1.165, 1.54) is 13.4 Å². The van der Waals surface area contributed by atoms with Crippen molar-refractivity contribution in [1.82, 2.24) is 9.97 Å². The Morgan fingerprint density at radius 3 is 2.94 bits per heavy atom. The predicted molar refractivity (Wildman–Crippen MR) is 64.0 cm³/mol. The number of nitrogen functional groups attached to an aromatic ring is 1. The first-order valence-corrected chi connectivity index (χ1v) is 5.36. The van der Waals surface area contributed by atoms with Gasteiger partial charge >= 0.3 is 0 Å². The van der Waals surface area contributed by atoms with Gasteiger partial charge in [-0.1, -0.05) is 0 Å². The Morgan fingerprint density at radius 2 is 2.24 bits per heavy atom. The summed E-state index contributed by atoms with van der Waals surface area (Å²) in [5, 5.41) is 11.6. The number of aliphatic hydroxyl groups excluding tert-OH is 1. The molecule has 0 saturated carbocycles. The first-order chi connectivity index (χ1) is 8.29. The minimum absolute atomic E-state index is 0.0451. The molecule has 1 heterocycles. The minimum atomic E-state index is 0.0451. The van der Waals surface area contributed by atoms with Crippen molar-refractivity contribution in [3.63, 3.8) is 0 Å². The molecule has 0 aliphatic heterocycles. The molecular weight excluding hydrogens is 224 g/mol. The molecule has 0 fully saturated rings. The van der Waals surface area contributed by atoms with E-state index >= 15 is 0 Å². The van der Waals surface area contributed by atoms with Gasteiger partial charge in [-0.25, -0.2) is 4.98 Å². The zero-order chi connectivity index (χ0) is 12.5. The Kier molecular flexibility index (Phi) is 6.05. The molecular formula is C10H18N4O3. The number of ether oxygens (including phenoxy) is 2. The van der Waals surface area contributed by atoms with Crippen molar-refractivity contribution in [2.75, 3.05) is 44.5 Å². The van der Waals surface area contributed by atoms with E-state index in [9.17, 15) is 0 Å². The van der Waals surface area contributed by atoms with Crippen LogP contribution in [0.3, 0.4) is 0 Å². The van der Waals surface area contributed by atoms with E-state index in [0.29, 0.717) is 37.1 Å². The zero-order valence-corrected chi connectivity index (χ0v) is 9.85. The number of nitrogens with two attached hydrogens (primary N) is 1. The van der Waals surface area contributed by atoms with Crippen molar-refractivity contribution < 1.29 is 14.6 Å². The van der Waals surface area contributed by atoms with E-state index in [-0.39, 0.29) is 6.61 Å². The highest BCUT2D eigenvalue weighted by atomic mass is 16.5. The van der Waals surface area contributed by atoms with Crippen LogP contribution in [0.15, 0.2) is 6.33 Å². The maximum absolute atomic E-state index is 8.51. The van der Waals surface area contributed by atoms with E-state index in [1.54, 1.807) is 0 Å². The third-order valence-corrected chi connectivity index (χ3v) is 2.03. The molecule has 1 aromatic rings. The van der Waals surface area contributed by atoms with Crippen LogP contribution < -0.4 is 15.8 Å². The molecule has 0 aliphatic carbocycles. The molecule has 0 aromatic carbocycles. The minimum Gasteiger partial charge on any atom is -0.479 e. The Bertz CT molecular complexity index is 335. The van der Waals surface area contributed by atoms with Gasteiger partial charge in [-0.15, -0.1) is 0 Å². The number of hydrogen-bond acceptors (Lipinski definition) is 7. The van der Waals surface area contributed by atoms with Gasteiger partial charge in [0.15, 0.2) is 5.82 Å². The average Bonchev–Trinajstić information content (AvgIpc) is 2.35. The summed E-state index contributed by atoms with van der Waals surface area (Å²) in [5.41, 5.74) is 6.17. The van der Waals surface area contributed by atoms with Crippen molar-refractivity contribution in [3.05, 3.63) is 6.33 Å². The van der Waals surface area contributed by atoms with E-state index in [4.69, 9.17) is 20.3 Å². The third kappa shape index (κ3) is 4.41. The number of nitrogens with one attached hydrogen (secondary N) is 1. The standard InChI is InChI=1S/C10H18N4O3/c1-16-10-8(11)9(13-7-14-10)12-3-2-5-17-6-4-15/h7,15H,2-6,11H2,1H3,(H,12,13,14). The molecule has 4 N–H and O–H groups in total. The monoisotopic (exact) mass is 242 g/mol. The molecule has 0 unspecified atom stereocenters. The van der Waals surface area contributed by atoms with Crippen LogP contribution >= 0.6 is 0 Å². The van der Waals surface area contributed by atoms with Crippen LogP contribution in [0, 0.1) is 0 Å². The van der Waals surface area contributed by atoms with Gasteiger partial charge in [0.25, 0.3) is 0 Å². The third-order valence-electron chi connectivity index (χ3n) is 2.03. The molecule has 0 spiro atoms. The second-order valence-corrected chi connectivity index (χ2v) is 3.26. The van der Waals surface area contributed by atoms with Gasteiger partial charge in [-0.05, 0) is 6.42 Å². The quantitative estimate of drug-likeness (QED) is 0.546. The van der Waals surface area contributed by atoms with Gasteiger partial charge in [-0.2, -0.15) is 4.98 Å². The molecule has 7 heteroatoms. The van der Waals surface area contributed by atoms with E-state index in [1.807, 2.05) is 0 Å². The lowest BCUT2D eigenvalue weighted by Gasteiger charge is -2.09. The maximum Gasteiger partial charge on any atom is 0.242 e. The average molecular weight is 242 g/mol. The van der Waals surface area contributed by atoms with Crippen LogP contribution in [-0.4, -0.2) is 48.5 Å². The second kappa shape index (κ2) is 7.64. The molecule has 96 valence electrons. The highest BCUT2D eigenvalue weighted by Crippen LogP contribution is 2.23. The first kappa shape index (κ1) is 13.5. The summed E-state index contributed by atoms with van der Waals surface area (Å²) < 4.78 is 10.1. The van der Waals surface area contributed by atoms with Gasteiger partial charge in [-0.3, -0.25) is 0 Å². The second-order valence-electron chi connectivity index (χ2n) is 3.26. The lowest BCUT2D eigenvalue weighted by molar-refractivity contribution is 0.0922. The molecule has 7 nitrogen and oxygen atoms in total. The Hall–Kier alpha value is -1.60. The summed E-state index contributed by atoms with van der Waals surface area (Å²) in [6.45, 7) is 1.67. The number of rotatable bonds is 8. The molecule has 0 atom stereocenters. The SMILES string of the molecule is COc1ncnc(NCCCOCCO)c1N. The van der Waals surface area contributed by atoms with E-state index < -0.39 is 0 Å². The summed E-state index contributed by atoms with van der Waals surface area (Å²) in [7, 11) is 1.51. The largest absolute Gasteiger partial charge is 0.479 e. The highest BCUT2D eigenvalue weighted by molar-refractivity contribution is 5.66. The summed E-state index contributed by atoms with van der Waals surface area (Å²) >= 11 is 0. The van der Waals surface area contributed by atoms with Gasteiger partial charge in [0, 0.05) is 13.2 Å². The van der Waals surface area contributed by atoms with Crippen molar-refractivity contribution in [3.8, 4) is 5.88 Å². The highest BCUT2D eigenvalue weighted by Gasteiger charge is 2.06. The lowest BCUT2D eigenvalue weighted by Crippen LogP contribution is -2.10. The van der Waals surface area contributed by atoms with Crippen LogP contribution in [0.2, 0.25) is 0 Å². The Labute approximate surface area is 100.0 Å². The lowest BCUT2D eigenvalue weighted by atomic mass is 10.4. The van der Waals surface area contributed by atoms with Gasteiger partial charge in [0.05, 0.1) is 20.3 Å². The molecule has 0 saturated heterocycles. The van der Waals surface area contributed by atoms with E-state index in [0.717, 1.165) is 6.42 Å². The number of nitrogens with zero attached hydrogens (tertiary/aromatic N) is 2. The summed E-state index contributed by atoms with van der Waals surface area (Å²) in [5.74, 6) is 0.915. The predicted octanol–water partition coefficient (Wildman–Crippen LogP) is -0.122. The van der Waals surface area contributed by atoms with Gasteiger partial charge < -0.3 is 25.6 Å². The normalized spacial score (nSPS) is 10.2. The van der Waals surface area contributed by atoms with Crippen LogP contribution in [0.4, 0.5) is 11.5 Å². The summed E-state index contributed by atoms with van der Waals surface area (Å²) in [6, 6.07) is 0. The fourth-order valence-electron chi connectivity index (χ4n) is 1.23. The van der Waals surface area contributed by atoms with E-state index in [2.05, 4.69) is 15.3 Å². The topological polar surface area (TPSA) is 103 Å². The van der Waals surface area contributed by atoms with Crippen molar-refractivity contribution in [1.29, 1.82) is 0 Å². The number of hydrogen-bond donors (Lipinski definition) is 3. The Balaban J connectivity index is 2.31. The molecule has 17 heavy (non-hydrogen) atoms. The van der Waals surface area contributed by atoms with Gasteiger partial charge in [0.2, 0.25) is 5.88 Å². The van der Waals surface area contributed by atoms with Crippen LogP contribution in [0.25, 0.3) is 0 Å². The first-order valence-electron chi connectivity index (χ1n) is 5.36. The Morgan fingerprint density at radius 1 is 1.41 bits per heavy atom. The molecule has 1 aromatic heterocycles. The number of aliphatic hydroxyl groups is 1. The molecule has 0 radical (unpaired) electrons. The van der Waals surface area contributed by atoms with Crippen LogP contribution in [0.5, 0.6) is 5.88 Å². The van der Waals surface area contributed by atoms with Crippen molar-refractivity contribution in [2.24, 2.45) is 0 Å². The maximum atomic E-state index is 8.51. The smallest absolute Gasteiger partial charge is 0.242 e. The van der Waals surface area contributed by atoms with Crippen molar-refractivity contribution in [2.45, 2.75) is 6.42 Å². The van der Waals surface area contributed by atoms with Gasteiger partial charge in [0.1, 0.15) is 12.0 Å². The summed E-state index contributed by atoms with van der Waals surface area (Å²) in [6.07, 6.45) is 2.19. The fourth-order valence-corrected chi connectivity index (χ4v) is 1.23. The summed E-state index contributed by atoms with van der Waals surface area (Å²) in [4.78, 5) is 7.89. The molecule has 1 rings (SSSR count). The van der Waals surface area contributed by atoms with Crippen LogP contribution in [-0.2, 0) is 4.74 Å². The number of methoxy groups -OCH3 is 1. The zero-order valence-electron chi connectivity index (χ0n) is 9.85. The number of anilines is 2. The fraction of sp³-hybridized carbons (Fsp3) is 0.600. The van der Waals surface area contributed by atoms with Crippen LogP contribution in [0.1, 0.15) is 6.42 Å². The van der Waals surface area contributed by atoms with Crippen molar-refractivity contribution >= 4 is 11.5 Å². The molecule has 0 aliphatic rings. The molecule has 0 amide bonds. The number of aromatic nitrogens is 2. The molecule has 0 bridgehead atoms.